The lowest BCUT2D eigenvalue weighted by atomic mass is 9.50. The van der Waals surface area contributed by atoms with Crippen LogP contribution >= 0.6 is 0 Å². The van der Waals surface area contributed by atoms with Crippen molar-refractivity contribution in [2.24, 2.45) is 22.7 Å². The Morgan fingerprint density at radius 3 is 1.86 bits per heavy atom. The predicted molar refractivity (Wildman–Crippen MR) is 185 cm³/mol. The van der Waals surface area contributed by atoms with Crippen molar-refractivity contribution in [1.29, 1.82) is 0 Å². The largest absolute Gasteiger partial charge is 0.508 e. The molecule has 2 fully saturated rings. The minimum Gasteiger partial charge on any atom is -0.508 e. The van der Waals surface area contributed by atoms with Crippen LogP contribution in [0.15, 0.2) is 60.7 Å². The zero-order valence-electron chi connectivity index (χ0n) is 28.9. The number of carbonyl (C=O) groups is 2. The highest BCUT2D eigenvalue weighted by molar-refractivity contribution is 5.80. The molecule has 0 saturated heterocycles. The molecule has 6 atom stereocenters. The van der Waals surface area contributed by atoms with Crippen LogP contribution < -0.4 is 4.84 Å². The van der Waals surface area contributed by atoms with Crippen molar-refractivity contribution in [2.45, 2.75) is 103 Å². The topological polar surface area (TPSA) is 135 Å². The molecule has 3 N–H and O–H groups in total. The molecule has 4 aliphatic rings. The van der Waals surface area contributed by atoms with Crippen molar-refractivity contribution in [3.63, 3.8) is 0 Å². The van der Waals surface area contributed by atoms with Gasteiger partial charge in [-0.1, -0.05) is 55.8 Å². The summed E-state index contributed by atoms with van der Waals surface area (Å²) in [5.74, 6) is -0.0663. The number of hydrogen-bond donors (Lipinski definition) is 3. The molecular formula is C40H47N3O6. The van der Waals surface area contributed by atoms with Gasteiger partial charge < -0.3 is 20.2 Å². The van der Waals surface area contributed by atoms with Crippen LogP contribution in [0.2, 0.25) is 0 Å². The number of benzene rings is 3. The SMILES string of the molecule is C[C@]1(C(=O)O)CCC[C@]2(C)c3cc(O)ccc3CC[C@@H]12.C[C@]1(C(=O)On2nnc3ccccc32)CCC[C@]2(C)c3cc(O)ccc3CC[C@@H]12. The van der Waals surface area contributed by atoms with Gasteiger partial charge in [0.2, 0.25) is 0 Å². The number of phenols is 2. The van der Waals surface area contributed by atoms with Crippen molar-refractivity contribution in [3.05, 3.63) is 82.9 Å². The Kier molecular flexibility index (Phi) is 8.03. The summed E-state index contributed by atoms with van der Waals surface area (Å²) in [6.07, 6.45) is 9.11. The van der Waals surface area contributed by atoms with Gasteiger partial charge in [-0.25, -0.2) is 4.79 Å². The first-order valence-electron chi connectivity index (χ1n) is 17.7. The summed E-state index contributed by atoms with van der Waals surface area (Å²) in [5.41, 5.74) is 4.72. The Morgan fingerprint density at radius 1 is 0.755 bits per heavy atom. The Bertz CT molecular complexity index is 1940. The zero-order chi connectivity index (χ0) is 34.8. The summed E-state index contributed by atoms with van der Waals surface area (Å²) in [7, 11) is 0. The smallest absolute Gasteiger partial charge is 0.341 e. The summed E-state index contributed by atoms with van der Waals surface area (Å²) in [6, 6.07) is 18.7. The average molecular weight is 666 g/mol. The van der Waals surface area contributed by atoms with Crippen LogP contribution in [-0.2, 0) is 33.3 Å². The first-order chi connectivity index (χ1) is 23.3. The molecule has 4 aliphatic carbocycles. The fraction of sp³-hybridized carbons (Fsp3) is 0.500. The maximum absolute atomic E-state index is 13.4. The maximum Gasteiger partial charge on any atom is 0.341 e. The number of fused-ring (bicyclic) bond motifs is 7. The van der Waals surface area contributed by atoms with E-state index >= 15 is 0 Å². The van der Waals surface area contributed by atoms with Crippen LogP contribution in [0, 0.1) is 22.7 Å². The number of phenolic OH excluding ortho intramolecular Hbond substituents is 2. The quantitative estimate of drug-likeness (QED) is 0.194. The highest BCUT2D eigenvalue weighted by atomic mass is 16.7. The van der Waals surface area contributed by atoms with Gasteiger partial charge in [-0.3, -0.25) is 4.79 Å². The predicted octanol–water partition coefficient (Wildman–Crippen LogP) is 7.29. The van der Waals surface area contributed by atoms with E-state index in [2.05, 4.69) is 24.2 Å². The monoisotopic (exact) mass is 665 g/mol. The lowest BCUT2D eigenvalue weighted by molar-refractivity contribution is -0.166. The molecule has 1 aromatic heterocycles. The minimum absolute atomic E-state index is 0.127. The van der Waals surface area contributed by atoms with Crippen LogP contribution in [0.25, 0.3) is 11.0 Å². The third-order valence-corrected chi connectivity index (χ3v) is 13.1. The molecule has 0 amide bonds. The summed E-state index contributed by atoms with van der Waals surface area (Å²) < 4.78 is 0. The van der Waals surface area contributed by atoms with E-state index in [1.54, 1.807) is 12.1 Å². The van der Waals surface area contributed by atoms with Crippen LogP contribution in [0.1, 0.15) is 101 Å². The maximum atomic E-state index is 13.4. The van der Waals surface area contributed by atoms with E-state index in [1.807, 2.05) is 62.4 Å². The van der Waals surface area contributed by atoms with Crippen LogP contribution in [0.3, 0.4) is 0 Å². The molecule has 0 bridgehead atoms. The first kappa shape index (κ1) is 33.1. The lowest BCUT2D eigenvalue weighted by Crippen LogP contribution is -2.54. The number of carboxylic acids is 1. The van der Waals surface area contributed by atoms with Gasteiger partial charge >= 0.3 is 11.9 Å². The average Bonchev–Trinajstić information content (AvgIpc) is 3.48. The van der Waals surface area contributed by atoms with E-state index in [4.69, 9.17) is 4.84 Å². The molecule has 9 nitrogen and oxygen atoms in total. The van der Waals surface area contributed by atoms with Gasteiger partial charge in [0.1, 0.15) is 22.5 Å². The van der Waals surface area contributed by atoms with Crippen molar-refractivity contribution in [1.82, 2.24) is 15.2 Å². The number of aromatic nitrogens is 3. The zero-order valence-corrected chi connectivity index (χ0v) is 28.9. The van der Waals surface area contributed by atoms with Crippen molar-refractivity contribution < 1.29 is 29.7 Å². The number of aliphatic carboxylic acids is 1. The molecule has 0 radical (unpaired) electrons. The standard InChI is InChI=1S/C23H25N3O3.C17H22O3/c1-22-12-5-13-23(2,20(22)11-9-15-8-10-16(27)14-17(15)22)21(28)29-26-19-7-4-3-6-18(19)24-25-26;1-16-8-3-9-17(2,15(19)20)14(16)7-5-11-4-6-12(18)10-13(11)16/h3-4,6-8,10,14,20,27H,5,9,11-13H2,1-2H3;4,6,10,14,18H,3,5,7-9H2,1-2H3,(H,19,20)/t20-,22-,23+;14-,16-,17+/m11/s1. The fourth-order valence-corrected chi connectivity index (χ4v) is 10.5. The molecule has 3 aromatic carbocycles. The molecule has 8 rings (SSSR count). The third kappa shape index (κ3) is 5.27. The van der Waals surface area contributed by atoms with Crippen LogP contribution in [0.5, 0.6) is 11.5 Å². The second-order valence-corrected chi connectivity index (χ2v) is 15.9. The van der Waals surface area contributed by atoms with Gasteiger partial charge in [-0.2, -0.15) is 0 Å². The number of nitrogens with zero attached hydrogens (tertiary/aromatic N) is 3. The van der Waals surface area contributed by atoms with Gasteiger partial charge in [0.25, 0.3) is 0 Å². The molecule has 0 unspecified atom stereocenters. The molecule has 0 aliphatic heterocycles. The van der Waals surface area contributed by atoms with E-state index in [-0.39, 0.29) is 40.1 Å². The van der Waals surface area contributed by atoms with Gasteiger partial charge in [0.05, 0.1) is 10.8 Å². The van der Waals surface area contributed by atoms with Crippen molar-refractivity contribution in [3.8, 4) is 11.5 Å². The Morgan fingerprint density at radius 2 is 1.29 bits per heavy atom. The number of hydrogen-bond acceptors (Lipinski definition) is 7. The van der Waals surface area contributed by atoms with E-state index in [0.29, 0.717) is 11.0 Å². The Hall–Kier alpha value is -4.40. The molecule has 258 valence electrons. The Balaban J connectivity index is 0.000000166. The van der Waals surface area contributed by atoms with Gasteiger partial charge in [-0.05, 0) is 152 Å². The number of rotatable bonds is 3. The molecule has 2 saturated carbocycles. The second-order valence-electron chi connectivity index (χ2n) is 15.9. The number of aryl methyl sites for hydroxylation is 2. The Labute approximate surface area is 287 Å². The number of aromatic hydroxyl groups is 2. The minimum atomic E-state index is -0.669. The highest BCUT2D eigenvalue weighted by Gasteiger charge is 2.57. The highest BCUT2D eigenvalue weighted by Crippen LogP contribution is 2.59. The second kappa shape index (κ2) is 11.9. The molecule has 4 aromatic rings. The van der Waals surface area contributed by atoms with E-state index in [0.717, 1.165) is 64.2 Å². The first-order valence-corrected chi connectivity index (χ1v) is 17.7. The normalized spacial score (nSPS) is 31.6. The number of carboxylic acid groups (broad SMARTS) is 1. The molecule has 0 spiro atoms. The lowest BCUT2D eigenvalue weighted by Gasteiger charge is -2.53. The van der Waals surface area contributed by atoms with Gasteiger partial charge in [0.15, 0.2) is 0 Å². The summed E-state index contributed by atoms with van der Waals surface area (Å²) in [4.78, 5) is 32.3. The fourth-order valence-electron chi connectivity index (χ4n) is 10.5. The molecule has 9 heteroatoms. The van der Waals surface area contributed by atoms with Crippen LogP contribution in [-0.4, -0.2) is 42.4 Å². The van der Waals surface area contributed by atoms with E-state index in [9.17, 15) is 24.9 Å². The number of para-hydroxylation sites is 1. The summed E-state index contributed by atoms with van der Waals surface area (Å²) in [6.45, 7) is 8.37. The van der Waals surface area contributed by atoms with Gasteiger partial charge in [0, 0.05) is 0 Å². The van der Waals surface area contributed by atoms with Crippen LogP contribution in [0.4, 0.5) is 0 Å². The van der Waals surface area contributed by atoms with Crippen molar-refractivity contribution in [2.75, 3.05) is 0 Å². The summed E-state index contributed by atoms with van der Waals surface area (Å²) >= 11 is 0. The summed E-state index contributed by atoms with van der Waals surface area (Å²) in [5, 5.41) is 37.7. The molecule has 49 heavy (non-hydrogen) atoms. The number of carbonyl (C=O) groups excluding carboxylic acids is 1. The van der Waals surface area contributed by atoms with Crippen molar-refractivity contribution >= 4 is 23.0 Å². The molecule has 1 heterocycles. The van der Waals surface area contributed by atoms with Gasteiger partial charge in [-0.15, -0.1) is 5.10 Å². The molecular weight excluding hydrogens is 618 g/mol. The van der Waals surface area contributed by atoms with E-state index in [1.165, 1.54) is 27.1 Å². The van der Waals surface area contributed by atoms with E-state index < -0.39 is 16.8 Å². The third-order valence-electron chi connectivity index (χ3n) is 13.1.